The monoisotopic (exact) mass is 251 g/mol. The van der Waals surface area contributed by atoms with Crippen molar-refractivity contribution in [1.29, 1.82) is 0 Å². The number of hydrogen-bond donors (Lipinski definition) is 1. The Morgan fingerprint density at radius 3 is 3.00 bits per heavy atom. The lowest BCUT2D eigenvalue weighted by atomic mass is 10.4. The fourth-order valence-corrected chi connectivity index (χ4v) is 1.62. The molecule has 1 N–H and O–H groups in total. The molecule has 3 heteroatoms. The minimum atomic E-state index is 0.977. The van der Waals surface area contributed by atoms with Crippen molar-refractivity contribution in [1.82, 2.24) is 3.53 Å². The molecule has 0 aliphatic rings. The van der Waals surface area contributed by atoms with Crippen molar-refractivity contribution in [2.75, 3.05) is 0 Å². The van der Waals surface area contributed by atoms with Gasteiger partial charge in [-0.05, 0) is 11.4 Å². The van der Waals surface area contributed by atoms with Crippen molar-refractivity contribution < 1.29 is 0 Å². The minimum absolute atomic E-state index is 0.977. The van der Waals surface area contributed by atoms with Gasteiger partial charge >= 0.3 is 0 Å². The van der Waals surface area contributed by atoms with Crippen molar-refractivity contribution in [2.45, 2.75) is 0 Å². The summed E-state index contributed by atoms with van der Waals surface area (Å²) in [6.07, 6.45) is 0. The molecule has 9 heavy (non-hydrogen) atoms. The van der Waals surface area contributed by atoms with E-state index >= 15 is 0 Å². The summed E-state index contributed by atoms with van der Waals surface area (Å²) < 4.78 is 2.95. The van der Waals surface area contributed by atoms with Gasteiger partial charge in [0.05, 0.1) is 33.4 Å². The predicted molar refractivity (Wildman–Crippen MR) is 50.5 cm³/mol. The normalized spacial score (nSPS) is 9.00. The van der Waals surface area contributed by atoms with Crippen LogP contribution in [0.25, 0.3) is 5.70 Å². The second-order valence-electron chi connectivity index (χ2n) is 1.55. The van der Waals surface area contributed by atoms with Crippen molar-refractivity contribution >= 4 is 39.9 Å². The van der Waals surface area contributed by atoms with E-state index in [4.69, 9.17) is 0 Å². The topological polar surface area (TPSA) is 12.0 Å². The number of rotatable bonds is 2. The van der Waals surface area contributed by atoms with Gasteiger partial charge in [-0.3, -0.25) is 0 Å². The van der Waals surface area contributed by atoms with E-state index in [-0.39, 0.29) is 0 Å². The molecule has 1 aromatic rings. The van der Waals surface area contributed by atoms with Gasteiger partial charge in [0.1, 0.15) is 0 Å². The maximum absolute atomic E-state index is 3.81. The van der Waals surface area contributed by atoms with Crippen LogP contribution in [0.15, 0.2) is 24.1 Å². The van der Waals surface area contributed by atoms with Gasteiger partial charge < -0.3 is 3.53 Å². The van der Waals surface area contributed by atoms with E-state index in [1.165, 1.54) is 4.88 Å². The molecule has 0 atom stereocenters. The van der Waals surface area contributed by atoms with Crippen molar-refractivity contribution in [3.05, 3.63) is 29.0 Å². The van der Waals surface area contributed by atoms with E-state index in [9.17, 15) is 0 Å². The number of hydrogen-bond acceptors (Lipinski definition) is 2. The van der Waals surface area contributed by atoms with Crippen LogP contribution in [0.5, 0.6) is 0 Å². The molecule has 0 spiro atoms. The minimum Gasteiger partial charge on any atom is -0.328 e. The largest absolute Gasteiger partial charge is 0.328 e. The molecule has 0 unspecified atom stereocenters. The Balaban J connectivity index is 2.77. The fraction of sp³-hybridized carbons (Fsp3) is 0. The van der Waals surface area contributed by atoms with Crippen molar-refractivity contribution in [2.24, 2.45) is 0 Å². The maximum Gasteiger partial charge on any atom is 0.0560 e. The Kier molecular flexibility index (Phi) is 2.53. The Hall–Kier alpha value is -0.0300. The highest BCUT2D eigenvalue weighted by Crippen LogP contribution is 2.16. The lowest BCUT2D eigenvalue weighted by molar-refractivity contribution is 1.54. The smallest absolute Gasteiger partial charge is 0.0560 e. The van der Waals surface area contributed by atoms with Gasteiger partial charge in [0.15, 0.2) is 0 Å². The molecule has 0 aliphatic carbocycles. The summed E-state index contributed by atoms with van der Waals surface area (Å²) in [6.45, 7) is 3.81. The van der Waals surface area contributed by atoms with Crippen LogP contribution in [0, 0.1) is 0 Å². The second kappa shape index (κ2) is 3.22. The molecule has 1 rings (SSSR count). The molecule has 0 fully saturated rings. The van der Waals surface area contributed by atoms with Gasteiger partial charge in [0.25, 0.3) is 0 Å². The molecule has 1 nitrogen and oxygen atoms in total. The number of halogens is 1. The molecular weight excluding hydrogens is 245 g/mol. The Labute approximate surface area is 72.3 Å². The van der Waals surface area contributed by atoms with Gasteiger partial charge in [-0.15, -0.1) is 11.3 Å². The SMILES string of the molecule is C=C(NI)c1cccs1. The highest BCUT2D eigenvalue weighted by molar-refractivity contribution is 14.1. The highest BCUT2D eigenvalue weighted by atomic mass is 127. The van der Waals surface area contributed by atoms with Gasteiger partial charge in [0.2, 0.25) is 0 Å². The number of nitrogens with one attached hydrogen (secondary N) is 1. The van der Waals surface area contributed by atoms with Crippen LogP contribution >= 0.6 is 34.2 Å². The lowest BCUT2D eigenvalue weighted by Gasteiger charge is -1.95. The molecule has 0 aliphatic heterocycles. The molecule has 0 radical (unpaired) electrons. The standard InChI is InChI=1S/C6H6INS/c1-5(8-7)6-3-2-4-9-6/h2-4,8H,1H2. The zero-order valence-electron chi connectivity index (χ0n) is 4.73. The Bertz CT molecular complexity index is 193. The third-order valence-electron chi connectivity index (χ3n) is 0.933. The average molecular weight is 251 g/mol. The summed E-state index contributed by atoms with van der Waals surface area (Å²) in [4.78, 5) is 1.20. The summed E-state index contributed by atoms with van der Waals surface area (Å²) >= 11 is 3.76. The first kappa shape index (κ1) is 7.08. The van der Waals surface area contributed by atoms with E-state index < -0.39 is 0 Å². The Morgan fingerprint density at radius 1 is 1.78 bits per heavy atom. The molecule has 0 saturated heterocycles. The zero-order valence-corrected chi connectivity index (χ0v) is 7.70. The van der Waals surface area contributed by atoms with Crippen LogP contribution in [0.4, 0.5) is 0 Å². The van der Waals surface area contributed by atoms with Crippen molar-refractivity contribution in [3.8, 4) is 0 Å². The second-order valence-corrected chi connectivity index (χ2v) is 3.04. The first-order valence-electron chi connectivity index (χ1n) is 2.44. The van der Waals surface area contributed by atoms with Gasteiger partial charge in [0, 0.05) is 0 Å². The van der Waals surface area contributed by atoms with Crippen LogP contribution in [0.3, 0.4) is 0 Å². The quantitative estimate of drug-likeness (QED) is 0.629. The summed E-state index contributed by atoms with van der Waals surface area (Å²) in [6, 6.07) is 4.05. The molecule has 0 amide bonds. The predicted octanol–water partition coefficient (Wildman–Crippen LogP) is 2.66. The molecular formula is C6H6INS. The average Bonchev–Trinajstić information content (AvgIpc) is 2.37. The van der Waals surface area contributed by atoms with Crippen molar-refractivity contribution in [3.63, 3.8) is 0 Å². The molecule has 1 aromatic heterocycles. The Morgan fingerprint density at radius 2 is 2.56 bits per heavy atom. The third kappa shape index (κ3) is 1.69. The third-order valence-corrected chi connectivity index (χ3v) is 2.51. The zero-order chi connectivity index (χ0) is 6.69. The van der Waals surface area contributed by atoms with Gasteiger partial charge in [-0.1, -0.05) is 12.6 Å². The summed E-state index contributed by atoms with van der Waals surface area (Å²) in [5.74, 6) is 0. The van der Waals surface area contributed by atoms with Gasteiger partial charge in [-0.25, -0.2) is 0 Å². The van der Waals surface area contributed by atoms with Crippen LogP contribution in [0.1, 0.15) is 4.88 Å². The van der Waals surface area contributed by atoms with Gasteiger partial charge in [-0.2, -0.15) is 0 Å². The van der Waals surface area contributed by atoms with Crippen LogP contribution < -0.4 is 3.53 Å². The molecule has 0 aromatic carbocycles. The molecule has 1 heterocycles. The van der Waals surface area contributed by atoms with Crippen LogP contribution in [0.2, 0.25) is 0 Å². The summed E-state index contributed by atoms with van der Waals surface area (Å²) in [5.41, 5.74) is 0.977. The molecule has 0 saturated carbocycles. The first-order chi connectivity index (χ1) is 4.34. The first-order valence-corrected chi connectivity index (χ1v) is 4.40. The van der Waals surface area contributed by atoms with E-state index in [1.54, 1.807) is 11.3 Å². The number of thiophene rings is 1. The van der Waals surface area contributed by atoms with E-state index in [0.29, 0.717) is 0 Å². The summed E-state index contributed by atoms with van der Waals surface area (Å²) in [5, 5.41) is 2.04. The fourth-order valence-electron chi connectivity index (χ4n) is 0.497. The maximum atomic E-state index is 3.81. The highest BCUT2D eigenvalue weighted by Gasteiger charge is 1.94. The van der Waals surface area contributed by atoms with E-state index in [1.807, 2.05) is 17.5 Å². The summed E-state index contributed by atoms with van der Waals surface area (Å²) in [7, 11) is 0. The van der Waals surface area contributed by atoms with E-state index in [0.717, 1.165) is 5.70 Å². The van der Waals surface area contributed by atoms with Crippen LogP contribution in [-0.4, -0.2) is 0 Å². The molecule has 48 valence electrons. The van der Waals surface area contributed by atoms with Crippen LogP contribution in [-0.2, 0) is 0 Å². The lowest BCUT2D eigenvalue weighted by Crippen LogP contribution is -1.90. The molecule has 0 bridgehead atoms. The van der Waals surface area contributed by atoms with E-state index in [2.05, 4.69) is 33.0 Å².